The predicted octanol–water partition coefficient (Wildman–Crippen LogP) is 5.78. The number of aliphatic carboxylic acids is 1. The van der Waals surface area contributed by atoms with Crippen LogP contribution < -0.4 is 15.5 Å². The van der Waals surface area contributed by atoms with Crippen molar-refractivity contribution in [3.05, 3.63) is 53.8 Å². The van der Waals surface area contributed by atoms with Crippen LogP contribution in [-0.2, 0) is 4.79 Å². The van der Waals surface area contributed by atoms with Crippen LogP contribution in [0.2, 0.25) is 0 Å². The summed E-state index contributed by atoms with van der Waals surface area (Å²) in [4.78, 5) is 26.3. The maximum absolute atomic E-state index is 14.0. The SMILES string of the molecule is CC(C)CN(CC(C)C)c1ccc([C@@H]2C[C@@H]2C(=O)O)cc1NC(=O)Nc1ccccc1F. The summed E-state index contributed by atoms with van der Waals surface area (Å²) in [7, 11) is 0. The van der Waals surface area contributed by atoms with Crippen molar-refractivity contribution in [2.75, 3.05) is 28.6 Å². The second kappa shape index (κ2) is 10.0. The third-order valence-electron chi connectivity index (χ3n) is 5.44. The molecule has 1 saturated carbocycles. The number of carboxylic acid groups (broad SMARTS) is 1. The molecule has 7 heteroatoms. The molecule has 2 aromatic rings. The van der Waals surface area contributed by atoms with E-state index in [-0.39, 0.29) is 17.5 Å². The first-order chi connectivity index (χ1) is 15.2. The summed E-state index contributed by atoms with van der Waals surface area (Å²) in [5.41, 5.74) is 2.44. The topological polar surface area (TPSA) is 81.7 Å². The van der Waals surface area contributed by atoms with Crippen molar-refractivity contribution in [3.8, 4) is 0 Å². The van der Waals surface area contributed by atoms with E-state index in [0.717, 1.165) is 24.3 Å². The van der Waals surface area contributed by atoms with Crippen LogP contribution in [0.3, 0.4) is 0 Å². The van der Waals surface area contributed by atoms with Gasteiger partial charge in [0.15, 0.2) is 0 Å². The molecule has 1 fully saturated rings. The fourth-order valence-electron chi connectivity index (χ4n) is 3.99. The highest BCUT2D eigenvalue weighted by Gasteiger charge is 2.44. The molecule has 32 heavy (non-hydrogen) atoms. The molecule has 0 unspecified atom stereocenters. The van der Waals surface area contributed by atoms with Crippen LogP contribution in [0, 0.1) is 23.6 Å². The van der Waals surface area contributed by atoms with Crippen molar-refractivity contribution in [1.82, 2.24) is 0 Å². The summed E-state index contributed by atoms with van der Waals surface area (Å²) >= 11 is 0. The van der Waals surface area contributed by atoms with Crippen LogP contribution in [0.4, 0.5) is 26.2 Å². The van der Waals surface area contributed by atoms with Crippen molar-refractivity contribution in [2.45, 2.75) is 40.0 Å². The van der Waals surface area contributed by atoms with Gasteiger partial charge in [0.05, 0.1) is 23.0 Å². The van der Waals surface area contributed by atoms with Gasteiger partial charge in [-0.1, -0.05) is 45.9 Å². The second-order valence-electron chi connectivity index (χ2n) is 9.32. The van der Waals surface area contributed by atoms with E-state index in [0.29, 0.717) is 23.9 Å². The van der Waals surface area contributed by atoms with E-state index >= 15 is 0 Å². The van der Waals surface area contributed by atoms with Crippen molar-refractivity contribution in [2.24, 2.45) is 17.8 Å². The van der Waals surface area contributed by atoms with Crippen molar-refractivity contribution >= 4 is 29.1 Å². The van der Waals surface area contributed by atoms with Crippen molar-refractivity contribution < 1.29 is 19.1 Å². The van der Waals surface area contributed by atoms with Gasteiger partial charge in [-0.25, -0.2) is 9.18 Å². The number of carbonyl (C=O) groups is 2. The molecule has 0 saturated heterocycles. The second-order valence-corrected chi connectivity index (χ2v) is 9.32. The molecule has 0 heterocycles. The highest BCUT2D eigenvalue weighted by Crippen LogP contribution is 2.49. The molecule has 2 aromatic carbocycles. The zero-order valence-corrected chi connectivity index (χ0v) is 19.1. The number of hydrogen-bond donors (Lipinski definition) is 3. The molecule has 0 radical (unpaired) electrons. The summed E-state index contributed by atoms with van der Waals surface area (Å²) in [6.07, 6.45) is 0.594. The monoisotopic (exact) mass is 441 g/mol. The molecule has 0 aromatic heterocycles. The molecule has 3 N–H and O–H groups in total. The number of halogens is 1. The van der Waals surface area contributed by atoms with Crippen LogP contribution in [-0.4, -0.2) is 30.2 Å². The molecule has 172 valence electrons. The lowest BCUT2D eigenvalue weighted by atomic mass is 10.0. The maximum atomic E-state index is 14.0. The van der Waals surface area contributed by atoms with Gasteiger partial charge in [0.1, 0.15) is 5.82 Å². The number of rotatable bonds is 9. The highest BCUT2D eigenvalue weighted by atomic mass is 19.1. The zero-order chi connectivity index (χ0) is 23.4. The number of anilines is 3. The minimum Gasteiger partial charge on any atom is -0.481 e. The van der Waals surface area contributed by atoms with Gasteiger partial charge in [-0.2, -0.15) is 0 Å². The largest absolute Gasteiger partial charge is 0.481 e. The lowest BCUT2D eigenvalue weighted by Gasteiger charge is -2.30. The molecule has 6 nitrogen and oxygen atoms in total. The fraction of sp³-hybridized carbons (Fsp3) is 0.440. The number of nitrogens with one attached hydrogen (secondary N) is 2. The smallest absolute Gasteiger partial charge is 0.323 e. The number of amides is 2. The molecule has 0 spiro atoms. The van der Waals surface area contributed by atoms with Gasteiger partial charge in [0.25, 0.3) is 0 Å². The molecule has 2 amide bonds. The van der Waals surface area contributed by atoms with E-state index in [1.807, 2.05) is 18.2 Å². The number of hydrogen-bond acceptors (Lipinski definition) is 3. The molecule has 2 atom stereocenters. The third-order valence-corrected chi connectivity index (χ3v) is 5.44. The Balaban J connectivity index is 1.90. The highest BCUT2D eigenvalue weighted by molar-refractivity contribution is 6.02. The maximum Gasteiger partial charge on any atom is 0.323 e. The fourth-order valence-corrected chi connectivity index (χ4v) is 3.99. The number of urea groups is 1. The van der Waals surface area contributed by atoms with Gasteiger partial charge >= 0.3 is 12.0 Å². The summed E-state index contributed by atoms with van der Waals surface area (Å²) < 4.78 is 14.0. The number of carbonyl (C=O) groups excluding carboxylic acids is 1. The Labute approximate surface area is 188 Å². The first-order valence-corrected chi connectivity index (χ1v) is 11.1. The third kappa shape index (κ3) is 5.99. The standard InChI is InChI=1S/C25H32FN3O3/c1-15(2)13-29(14-16(3)4)23-10-9-17(18-12-19(18)24(30)31)11-22(23)28-25(32)27-21-8-6-5-7-20(21)26/h5-11,15-16,18-19H,12-14H2,1-4H3,(H,30,31)(H2,27,28,32)/t18-,19-/m0/s1. The van der Waals surface area contributed by atoms with E-state index in [9.17, 15) is 19.1 Å². The van der Waals surface area contributed by atoms with E-state index in [1.165, 1.54) is 12.1 Å². The van der Waals surface area contributed by atoms with Crippen molar-refractivity contribution in [3.63, 3.8) is 0 Å². The van der Waals surface area contributed by atoms with Gasteiger partial charge in [0, 0.05) is 13.1 Å². The average Bonchev–Trinajstić information content (AvgIpc) is 3.50. The first-order valence-electron chi connectivity index (χ1n) is 11.1. The number of benzene rings is 2. The Kier molecular flexibility index (Phi) is 7.38. The van der Waals surface area contributed by atoms with Gasteiger partial charge in [0.2, 0.25) is 0 Å². The van der Waals surface area contributed by atoms with E-state index in [4.69, 9.17) is 0 Å². The molecule has 0 bridgehead atoms. The number of carboxylic acids is 1. The Morgan fingerprint density at radius 2 is 1.66 bits per heavy atom. The minimum atomic E-state index is -0.799. The Morgan fingerprint density at radius 1 is 1.03 bits per heavy atom. The van der Waals surface area contributed by atoms with Gasteiger partial charge in [-0.15, -0.1) is 0 Å². The Bertz CT molecular complexity index is 967. The summed E-state index contributed by atoms with van der Waals surface area (Å²) in [5, 5.41) is 14.7. The number of nitrogens with zero attached hydrogens (tertiary/aromatic N) is 1. The van der Waals surface area contributed by atoms with Gasteiger partial charge < -0.3 is 20.6 Å². The molecule has 3 rings (SSSR count). The van der Waals surface area contributed by atoms with Crippen LogP contribution in [0.25, 0.3) is 0 Å². The molecular formula is C25H32FN3O3. The quantitative estimate of drug-likeness (QED) is 0.461. The number of para-hydroxylation sites is 1. The summed E-state index contributed by atoms with van der Waals surface area (Å²) in [6.45, 7) is 10.2. The molecular weight excluding hydrogens is 409 g/mol. The van der Waals surface area contributed by atoms with Crippen LogP contribution in [0.15, 0.2) is 42.5 Å². The van der Waals surface area contributed by atoms with Crippen LogP contribution in [0.5, 0.6) is 0 Å². The Morgan fingerprint density at radius 3 is 2.22 bits per heavy atom. The van der Waals surface area contributed by atoms with E-state index in [2.05, 4.69) is 43.2 Å². The normalized spacial score (nSPS) is 17.3. The van der Waals surface area contributed by atoms with Gasteiger partial charge in [-0.3, -0.25) is 4.79 Å². The Hall–Kier alpha value is -3.09. The van der Waals surface area contributed by atoms with Crippen LogP contribution in [0.1, 0.15) is 45.6 Å². The lowest BCUT2D eigenvalue weighted by molar-refractivity contribution is -0.138. The van der Waals surface area contributed by atoms with Crippen molar-refractivity contribution in [1.29, 1.82) is 0 Å². The summed E-state index contributed by atoms with van der Waals surface area (Å²) in [6, 6.07) is 11.2. The average molecular weight is 442 g/mol. The molecule has 0 aliphatic heterocycles. The van der Waals surface area contributed by atoms with Gasteiger partial charge in [-0.05, 0) is 54.0 Å². The predicted molar refractivity (Wildman–Crippen MR) is 126 cm³/mol. The first kappa shape index (κ1) is 23.6. The minimum absolute atomic E-state index is 0.0552. The molecule has 1 aliphatic rings. The lowest BCUT2D eigenvalue weighted by Crippen LogP contribution is -2.32. The zero-order valence-electron chi connectivity index (χ0n) is 19.1. The molecule has 1 aliphatic carbocycles. The van der Waals surface area contributed by atoms with E-state index in [1.54, 1.807) is 12.1 Å². The van der Waals surface area contributed by atoms with Crippen LogP contribution >= 0.6 is 0 Å². The van der Waals surface area contributed by atoms with E-state index < -0.39 is 17.8 Å². The summed E-state index contributed by atoms with van der Waals surface area (Å²) in [5.74, 6) is -0.933.